The lowest BCUT2D eigenvalue weighted by Crippen LogP contribution is -2.59. The van der Waals surface area contributed by atoms with Gasteiger partial charge in [0, 0.05) is 5.92 Å². The predicted molar refractivity (Wildman–Crippen MR) is 207 cm³/mol. The summed E-state index contributed by atoms with van der Waals surface area (Å²) in [5.41, 5.74) is 3.87. The summed E-state index contributed by atoms with van der Waals surface area (Å²) in [5.74, 6) is -2.89. The van der Waals surface area contributed by atoms with Crippen LogP contribution in [-0.4, -0.2) is 64.4 Å². The number of hydrogen-bond donors (Lipinski definition) is 3. The molecule has 0 aromatic heterocycles. The molecule has 280 valence electrons. The number of carboxylic acid groups (broad SMARTS) is 1. The SMILES string of the molecule is C[C@H]1OC(C)(C)N(C(=O)[C@H](CC(=O)NC(c2ccccc2)(c2ccccc2)c2ccccc2)NC(=O)OCC2c3ccccc3-c3ccccc32)[C@@H]1C(=O)O. The molecule has 3 amide bonds. The number of amides is 3. The fourth-order valence-electron chi connectivity index (χ4n) is 8.21. The smallest absolute Gasteiger partial charge is 0.407 e. The molecule has 1 fully saturated rings. The monoisotopic (exact) mass is 737 g/mol. The Morgan fingerprint density at radius 3 is 1.67 bits per heavy atom. The van der Waals surface area contributed by atoms with Crippen LogP contribution in [0.3, 0.4) is 0 Å². The minimum absolute atomic E-state index is 0.0286. The molecule has 10 heteroatoms. The number of carbonyl (C=O) groups excluding carboxylic acids is 3. The molecule has 3 atom stereocenters. The van der Waals surface area contributed by atoms with Gasteiger partial charge in [-0.05, 0) is 59.7 Å². The Morgan fingerprint density at radius 2 is 1.20 bits per heavy atom. The van der Waals surface area contributed by atoms with Gasteiger partial charge in [-0.1, -0.05) is 140 Å². The summed E-state index contributed by atoms with van der Waals surface area (Å²) in [4.78, 5) is 56.5. The third-order valence-electron chi connectivity index (χ3n) is 10.5. The highest BCUT2D eigenvalue weighted by molar-refractivity contribution is 5.94. The molecule has 1 heterocycles. The number of alkyl carbamates (subject to hydrolysis) is 1. The summed E-state index contributed by atoms with van der Waals surface area (Å²) in [6.07, 6.45) is -2.32. The van der Waals surface area contributed by atoms with E-state index in [1.807, 2.05) is 140 Å². The Balaban J connectivity index is 1.21. The highest BCUT2D eigenvalue weighted by Crippen LogP contribution is 2.44. The molecule has 0 bridgehead atoms. The van der Waals surface area contributed by atoms with Crippen LogP contribution in [0.2, 0.25) is 0 Å². The first-order chi connectivity index (χ1) is 26.5. The molecule has 5 aromatic rings. The number of carboxylic acids is 1. The molecule has 1 aliphatic carbocycles. The van der Waals surface area contributed by atoms with Crippen LogP contribution in [0.25, 0.3) is 11.1 Å². The molecule has 10 nitrogen and oxygen atoms in total. The molecule has 1 aliphatic heterocycles. The third-order valence-corrected chi connectivity index (χ3v) is 10.5. The van der Waals surface area contributed by atoms with Crippen LogP contribution in [0.15, 0.2) is 140 Å². The lowest BCUT2D eigenvalue weighted by molar-refractivity contribution is -0.157. The highest BCUT2D eigenvalue weighted by Gasteiger charge is 2.53. The van der Waals surface area contributed by atoms with Crippen molar-refractivity contribution in [3.05, 3.63) is 167 Å². The summed E-state index contributed by atoms with van der Waals surface area (Å²) < 4.78 is 11.8. The summed E-state index contributed by atoms with van der Waals surface area (Å²) >= 11 is 0. The number of benzene rings is 5. The first kappa shape index (κ1) is 37.1. The van der Waals surface area contributed by atoms with E-state index in [2.05, 4.69) is 10.6 Å². The van der Waals surface area contributed by atoms with Gasteiger partial charge in [0.15, 0.2) is 6.04 Å². The summed E-state index contributed by atoms with van der Waals surface area (Å²) in [5, 5.41) is 16.1. The zero-order valence-electron chi connectivity index (χ0n) is 30.8. The van der Waals surface area contributed by atoms with Crippen molar-refractivity contribution in [1.29, 1.82) is 0 Å². The van der Waals surface area contributed by atoms with Gasteiger partial charge in [-0.2, -0.15) is 0 Å². The van der Waals surface area contributed by atoms with Gasteiger partial charge >= 0.3 is 12.1 Å². The molecule has 5 aromatic carbocycles. The predicted octanol–water partition coefficient (Wildman–Crippen LogP) is 6.83. The van der Waals surface area contributed by atoms with Gasteiger partial charge in [0.1, 0.15) is 23.9 Å². The van der Waals surface area contributed by atoms with Crippen molar-refractivity contribution in [3.8, 4) is 11.1 Å². The van der Waals surface area contributed by atoms with Crippen LogP contribution < -0.4 is 10.6 Å². The van der Waals surface area contributed by atoms with Crippen LogP contribution in [0.4, 0.5) is 4.79 Å². The van der Waals surface area contributed by atoms with Crippen molar-refractivity contribution in [1.82, 2.24) is 15.5 Å². The number of aliphatic carboxylic acids is 1. The second-order valence-electron chi connectivity index (χ2n) is 14.4. The van der Waals surface area contributed by atoms with Gasteiger partial charge in [-0.25, -0.2) is 9.59 Å². The van der Waals surface area contributed by atoms with E-state index >= 15 is 0 Å². The van der Waals surface area contributed by atoms with Crippen LogP contribution in [0.5, 0.6) is 0 Å². The van der Waals surface area contributed by atoms with Crippen molar-refractivity contribution in [2.45, 2.75) is 62.6 Å². The van der Waals surface area contributed by atoms with E-state index in [4.69, 9.17) is 9.47 Å². The average molecular weight is 738 g/mol. The summed E-state index contributed by atoms with van der Waals surface area (Å²) in [6, 6.07) is 41.4. The molecule has 0 saturated carbocycles. The first-order valence-electron chi connectivity index (χ1n) is 18.3. The molecule has 7 rings (SSSR count). The zero-order chi connectivity index (χ0) is 38.7. The van der Waals surface area contributed by atoms with Gasteiger partial charge in [-0.3, -0.25) is 14.5 Å². The molecular weight excluding hydrogens is 695 g/mol. The van der Waals surface area contributed by atoms with Crippen LogP contribution in [0.1, 0.15) is 60.9 Å². The Labute approximate surface area is 320 Å². The Hall–Kier alpha value is -6.26. The second-order valence-corrected chi connectivity index (χ2v) is 14.4. The zero-order valence-corrected chi connectivity index (χ0v) is 30.8. The number of nitrogens with zero attached hydrogens (tertiary/aromatic N) is 1. The molecule has 3 N–H and O–H groups in total. The first-order valence-corrected chi connectivity index (χ1v) is 18.3. The molecule has 55 heavy (non-hydrogen) atoms. The van der Waals surface area contributed by atoms with Gasteiger partial charge in [-0.15, -0.1) is 0 Å². The Kier molecular flexibility index (Phi) is 10.3. The van der Waals surface area contributed by atoms with Crippen molar-refractivity contribution in [2.24, 2.45) is 0 Å². The van der Waals surface area contributed by atoms with Crippen molar-refractivity contribution >= 4 is 23.9 Å². The number of nitrogens with one attached hydrogen (secondary N) is 2. The van der Waals surface area contributed by atoms with Gasteiger partial charge in [0.25, 0.3) is 0 Å². The van der Waals surface area contributed by atoms with E-state index in [-0.39, 0.29) is 12.5 Å². The van der Waals surface area contributed by atoms with Crippen LogP contribution in [-0.2, 0) is 29.4 Å². The third kappa shape index (κ3) is 7.08. The molecule has 0 unspecified atom stereocenters. The van der Waals surface area contributed by atoms with Crippen molar-refractivity contribution in [2.75, 3.05) is 6.61 Å². The molecule has 0 radical (unpaired) electrons. The second kappa shape index (κ2) is 15.2. The Bertz CT molecular complexity index is 2050. The summed E-state index contributed by atoms with van der Waals surface area (Å²) in [7, 11) is 0. The highest BCUT2D eigenvalue weighted by atomic mass is 16.6. The minimum atomic E-state index is -1.52. The molecule has 2 aliphatic rings. The maximum absolute atomic E-state index is 14.6. The largest absolute Gasteiger partial charge is 0.480 e. The number of hydrogen-bond acceptors (Lipinski definition) is 6. The van der Waals surface area contributed by atoms with E-state index in [0.29, 0.717) is 0 Å². The van der Waals surface area contributed by atoms with Gasteiger partial charge < -0.3 is 25.2 Å². The topological polar surface area (TPSA) is 134 Å². The molecule has 1 saturated heterocycles. The van der Waals surface area contributed by atoms with E-state index in [9.17, 15) is 24.3 Å². The Morgan fingerprint density at radius 1 is 0.745 bits per heavy atom. The van der Waals surface area contributed by atoms with Gasteiger partial charge in [0.2, 0.25) is 11.8 Å². The maximum atomic E-state index is 14.6. The number of ether oxygens (including phenoxy) is 2. The number of rotatable bonds is 11. The van der Waals surface area contributed by atoms with Crippen molar-refractivity contribution < 1.29 is 33.8 Å². The minimum Gasteiger partial charge on any atom is -0.480 e. The fraction of sp³-hybridized carbons (Fsp3) is 0.244. The molecule has 0 spiro atoms. The summed E-state index contributed by atoms with van der Waals surface area (Å²) in [6.45, 7) is 4.71. The van der Waals surface area contributed by atoms with E-state index in [1.165, 1.54) is 0 Å². The fourth-order valence-corrected chi connectivity index (χ4v) is 8.21. The lowest BCUT2D eigenvalue weighted by Gasteiger charge is -2.38. The maximum Gasteiger partial charge on any atom is 0.407 e. The quantitative estimate of drug-likeness (QED) is 0.127. The van der Waals surface area contributed by atoms with Crippen LogP contribution in [0, 0.1) is 0 Å². The van der Waals surface area contributed by atoms with E-state index in [0.717, 1.165) is 43.8 Å². The number of fused-ring (bicyclic) bond motifs is 3. The van der Waals surface area contributed by atoms with Crippen molar-refractivity contribution in [3.63, 3.8) is 0 Å². The average Bonchev–Trinajstić information content (AvgIpc) is 3.65. The van der Waals surface area contributed by atoms with E-state index < -0.39 is 59.7 Å². The standard InChI is InChI=1S/C45H43N3O7/c1-29-40(42(51)52)48(44(2,3)55-29)41(50)38(46-43(53)54-28-37-35-25-15-13-23-33(35)34-24-14-16-26-36(34)37)27-39(49)47-45(30-17-7-4-8-18-30,31-19-9-5-10-20-31)32-21-11-6-12-22-32/h4-26,29,37-38,40H,27-28H2,1-3H3,(H,46,53)(H,47,49)(H,51,52)/t29-,38+,40+/m1/s1. The number of carbonyl (C=O) groups is 4. The normalized spacial score (nSPS) is 17.8. The molecular formula is C45H43N3O7. The van der Waals surface area contributed by atoms with E-state index in [1.54, 1.807) is 20.8 Å². The van der Waals surface area contributed by atoms with Gasteiger partial charge in [0.05, 0.1) is 12.5 Å². The lowest BCUT2D eigenvalue weighted by atomic mass is 9.77. The van der Waals surface area contributed by atoms with Crippen LogP contribution >= 0.6 is 0 Å².